The zero-order valence-electron chi connectivity index (χ0n) is 14.5. The third kappa shape index (κ3) is 3.59. The minimum atomic E-state index is -0.110. The molecule has 1 fully saturated rings. The number of fused-ring (bicyclic) bond motifs is 1. The van der Waals surface area contributed by atoms with Crippen LogP contribution in [-0.2, 0) is 4.79 Å². The van der Waals surface area contributed by atoms with E-state index in [9.17, 15) is 4.79 Å². The molecular formula is C20H21N5O. The fourth-order valence-corrected chi connectivity index (χ4v) is 3.25. The predicted octanol–water partition coefficient (Wildman–Crippen LogP) is 3.28. The highest BCUT2D eigenvalue weighted by molar-refractivity contribution is 5.96. The molecule has 1 aromatic heterocycles. The van der Waals surface area contributed by atoms with Crippen molar-refractivity contribution in [2.75, 3.05) is 35.2 Å². The van der Waals surface area contributed by atoms with Gasteiger partial charge < -0.3 is 15.5 Å². The van der Waals surface area contributed by atoms with E-state index in [0.29, 0.717) is 5.82 Å². The van der Waals surface area contributed by atoms with Crippen molar-refractivity contribution in [1.82, 2.24) is 9.97 Å². The summed E-state index contributed by atoms with van der Waals surface area (Å²) in [5, 5.41) is 6.91. The third-order valence-electron chi connectivity index (χ3n) is 4.58. The lowest BCUT2D eigenvalue weighted by Crippen LogP contribution is -2.22. The molecule has 2 heterocycles. The second-order valence-corrected chi connectivity index (χ2v) is 6.38. The summed E-state index contributed by atoms with van der Waals surface area (Å²) in [6.45, 7) is 2.37. The van der Waals surface area contributed by atoms with E-state index in [1.54, 1.807) is 0 Å². The number of nitrogens with one attached hydrogen (secondary N) is 2. The summed E-state index contributed by atoms with van der Waals surface area (Å²) in [6.07, 6.45) is 4.00. The monoisotopic (exact) mass is 347 g/mol. The summed E-state index contributed by atoms with van der Waals surface area (Å²) >= 11 is 0. The highest BCUT2D eigenvalue weighted by atomic mass is 16.1. The number of amides is 1. The predicted molar refractivity (Wildman–Crippen MR) is 105 cm³/mol. The van der Waals surface area contributed by atoms with Crippen LogP contribution in [0, 0.1) is 0 Å². The van der Waals surface area contributed by atoms with Crippen LogP contribution in [0.2, 0.25) is 0 Å². The minimum absolute atomic E-state index is 0.110. The Morgan fingerprint density at radius 1 is 1.00 bits per heavy atom. The van der Waals surface area contributed by atoms with E-state index in [0.717, 1.165) is 29.7 Å². The van der Waals surface area contributed by atoms with Crippen LogP contribution in [0.5, 0.6) is 0 Å². The smallest absolute Gasteiger partial charge is 0.243 e. The summed E-state index contributed by atoms with van der Waals surface area (Å²) in [5.41, 5.74) is 2.86. The number of rotatable bonds is 5. The van der Waals surface area contributed by atoms with Crippen molar-refractivity contribution in [3.05, 3.63) is 54.9 Å². The molecule has 132 valence electrons. The second kappa shape index (κ2) is 7.39. The number of carbonyl (C=O) groups excluding carboxylic acids is 1. The first-order valence-electron chi connectivity index (χ1n) is 8.88. The molecule has 0 atom stereocenters. The summed E-state index contributed by atoms with van der Waals surface area (Å²) in [4.78, 5) is 23.1. The number of para-hydroxylation sites is 1. The Kier molecular flexibility index (Phi) is 4.64. The number of hydrogen-bond donors (Lipinski definition) is 2. The van der Waals surface area contributed by atoms with Crippen LogP contribution in [0.25, 0.3) is 10.9 Å². The Hall–Kier alpha value is -3.15. The van der Waals surface area contributed by atoms with Gasteiger partial charge in [0.15, 0.2) is 0 Å². The molecule has 1 aliphatic heterocycles. The summed E-state index contributed by atoms with van der Waals surface area (Å²) in [7, 11) is 0. The van der Waals surface area contributed by atoms with E-state index in [1.807, 2.05) is 36.4 Å². The van der Waals surface area contributed by atoms with Crippen molar-refractivity contribution in [3.63, 3.8) is 0 Å². The van der Waals surface area contributed by atoms with E-state index in [2.05, 4.69) is 37.6 Å². The van der Waals surface area contributed by atoms with Crippen LogP contribution in [0.3, 0.4) is 0 Å². The van der Waals surface area contributed by atoms with Gasteiger partial charge >= 0.3 is 0 Å². The fourth-order valence-electron chi connectivity index (χ4n) is 3.25. The highest BCUT2D eigenvalue weighted by Gasteiger charge is 2.12. The van der Waals surface area contributed by atoms with Crippen LogP contribution in [0.1, 0.15) is 12.8 Å². The van der Waals surface area contributed by atoms with Crippen LogP contribution >= 0.6 is 0 Å². The van der Waals surface area contributed by atoms with E-state index in [4.69, 9.17) is 0 Å². The molecule has 0 unspecified atom stereocenters. The van der Waals surface area contributed by atoms with E-state index >= 15 is 0 Å². The number of carbonyl (C=O) groups is 1. The van der Waals surface area contributed by atoms with Crippen molar-refractivity contribution in [2.45, 2.75) is 12.8 Å². The Bertz CT molecular complexity index is 898. The van der Waals surface area contributed by atoms with Crippen molar-refractivity contribution in [3.8, 4) is 0 Å². The van der Waals surface area contributed by atoms with Crippen molar-refractivity contribution < 1.29 is 4.79 Å². The molecule has 2 aromatic carbocycles. The lowest BCUT2D eigenvalue weighted by atomic mass is 10.2. The summed E-state index contributed by atoms with van der Waals surface area (Å²) in [5.74, 6) is 0.553. The van der Waals surface area contributed by atoms with Crippen LogP contribution in [0.4, 0.5) is 17.2 Å². The maximum absolute atomic E-state index is 12.2. The quantitative estimate of drug-likeness (QED) is 0.741. The SMILES string of the molecule is O=C(CNc1ncnc2ccccc12)Nc1ccc(N2CCCC2)cc1. The number of hydrogen-bond acceptors (Lipinski definition) is 5. The molecule has 0 radical (unpaired) electrons. The Morgan fingerprint density at radius 3 is 2.58 bits per heavy atom. The largest absolute Gasteiger partial charge is 0.372 e. The Morgan fingerprint density at radius 2 is 1.77 bits per heavy atom. The van der Waals surface area contributed by atoms with Crippen molar-refractivity contribution >= 4 is 34.0 Å². The molecule has 4 rings (SSSR count). The molecule has 1 aliphatic rings. The first-order valence-corrected chi connectivity index (χ1v) is 8.88. The lowest BCUT2D eigenvalue weighted by Gasteiger charge is -2.17. The zero-order valence-corrected chi connectivity index (χ0v) is 14.5. The zero-order chi connectivity index (χ0) is 17.8. The van der Waals surface area contributed by atoms with Crippen molar-refractivity contribution in [1.29, 1.82) is 0 Å². The first-order chi connectivity index (χ1) is 12.8. The average Bonchev–Trinajstić information content (AvgIpc) is 3.22. The van der Waals surface area contributed by atoms with E-state index in [1.165, 1.54) is 24.9 Å². The molecule has 6 nitrogen and oxygen atoms in total. The third-order valence-corrected chi connectivity index (χ3v) is 4.58. The highest BCUT2D eigenvalue weighted by Crippen LogP contribution is 2.22. The van der Waals surface area contributed by atoms with Crippen LogP contribution < -0.4 is 15.5 Å². The maximum Gasteiger partial charge on any atom is 0.243 e. The Labute approximate surface area is 152 Å². The number of aromatic nitrogens is 2. The van der Waals surface area contributed by atoms with Crippen molar-refractivity contribution in [2.24, 2.45) is 0 Å². The van der Waals surface area contributed by atoms with Gasteiger partial charge in [0.2, 0.25) is 5.91 Å². The van der Waals surface area contributed by atoms with Gasteiger partial charge in [-0.1, -0.05) is 12.1 Å². The van der Waals surface area contributed by atoms with Crippen LogP contribution in [-0.4, -0.2) is 35.5 Å². The first kappa shape index (κ1) is 16.3. The summed E-state index contributed by atoms with van der Waals surface area (Å²) < 4.78 is 0. The molecule has 1 amide bonds. The van der Waals surface area contributed by atoms with Gasteiger partial charge in [-0.25, -0.2) is 9.97 Å². The fraction of sp³-hybridized carbons (Fsp3) is 0.250. The molecule has 6 heteroatoms. The molecule has 2 N–H and O–H groups in total. The van der Waals surface area contributed by atoms with Gasteiger partial charge in [-0.05, 0) is 49.2 Å². The van der Waals surface area contributed by atoms with E-state index in [-0.39, 0.29) is 12.5 Å². The van der Waals surface area contributed by atoms with Gasteiger partial charge in [-0.3, -0.25) is 4.79 Å². The average molecular weight is 347 g/mol. The van der Waals surface area contributed by atoms with Gasteiger partial charge in [0.05, 0.1) is 12.1 Å². The second-order valence-electron chi connectivity index (χ2n) is 6.38. The van der Waals surface area contributed by atoms with Crippen LogP contribution in [0.15, 0.2) is 54.9 Å². The molecule has 3 aromatic rings. The van der Waals surface area contributed by atoms with Gasteiger partial charge in [0.1, 0.15) is 12.1 Å². The molecule has 0 spiro atoms. The van der Waals surface area contributed by atoms with Gasteiger partial charge in [0, 0.05) is 29.9 Å². The normalized spacial score (nSPS) is 13.8. The lowest BCUT2D eigenvalue weighted by molar-refractivity contribution is -0.114. The molecular weight excluding hydrogens is 326 g/mol. The summed E-state index contributed by atoms with van der Waals surface area (Å²) in [6, 6.07) is 15.7. The molecule has 0 saturated carbocycles. The standard InChI is InChI=1S/C20H21N5O/c26-19(13-21-20-17-5-1-2-6-18(17)22-14-23-20)24-15-7-9-16(10-8-15)25-11-3-4-12-25/h1-2,5-10,14H,3-4,11-13H2,(H,24,26)(H,21,22,23). The number of benzene rings is 2. The maximum atomic E-state index is 12.2. The molecule has 0 bridgehead atoms. The topological polar surface area (TPSA) is 70.1 Å². The molecule has 0 aliphatic carbocycles. The van der Waals surface area contributed by atoms with Gasteiger partial charge in [-0.15, -0.1) is 0 Å². The number of nitrogens with zero attached hydrogens (tertiary/aromatic N) is 3. The molecule has 1 saturated heterocycles. The molecule has 26 heavy (non-hydrogen) atoms. The van der Waals surface area contributed by atoms with E-state index < -0.39 is 0 Å². The van der Waals surface area contributed by atoms with Gasteiger partial charge in [-0.2, -0.15) is 0 Å². The van der Waals surface area contributed by atoms with Gasteiger partial charge in [0.25, 0.3) is 0 Å². The Balaban J connectivity index is 1.36. The minimum Gasteiger partial charge on any atom is -0.372 e. The number of anilines is 3.